The van der Waals surface area contributed by atoms with E-state index in [1.807, 2.05) is 4.72 Å². The van der Waals surface area contributed by atoms with Gasteiger partial charge in [0.2, 0.25) is 5.88 Å². The number of amides is 2. The number of nitrogens with zero attached hydrogens (tertiary/aromatic N) is 1. The van der Waals surface area contributed by atoms with Gasteiger partial charge in [-0.15, -0.1) is 0 Å². The summed E-state index contributed by atoms with van der Waals surface area (Å²) in [5.74, 6) is -0.953. The number of ether oxygens (including phenoxy) is 1. The quantitative estimate of drug-likeness (QED) is 0.669. The second-order valence-corrected chi connectivity index (χ2v) is 6.36. The van der Waals surface area contributed by atoms with Crippen molar-refractivity contribution >= 4 is 22.0 Å². The molecule has 0 saturated carbocycles. The fourth-order valence-electron chi connectivity index (χ4n) is 1.70. The maximum Gasteiger partial charge on any atom is 0.414 e. The summed E-state index contributed by atoms with van der Waals surface area (Å²) in [6.07, 6.45) is 0.259. The van der Waals surface area contributed by atoms with Crippen molar-refractivity contribution in [3.8, 4) is 5.88 Å². The second-order valence-electron chi connectivity index (χ2n) is 4.67. The largest absolute Gasteiger partial charge is 0.414 e. The van der Waals surface area contributed by atoms with Crippen molar-refractivity contribution in [1.82, 2.24) is 15.0 Å². The number of aliphatic hydroxyl groups is 1. The Morgan fingerprint density at radius 3 is 2.44 bits per heavy atom. The molecule has 0 aliphatic carbocycles. The van der Waals surface area contributed by atoms with Crippen molar-refractivity contribution in [2.75, 3.05) is 13.2 Å². The maximum atomic E-state index is 12.1. The zero-order valence-electron chi connectivity index (χ0n) is 12.9. The number of hydrogen-bond acceptors (Lipinski definition) is 7. The van der Waals surface area contributed by atoms with Gasteiger partial charge in [-0.2, -0.15) is 0 Å². The molecule has 132 valence electrons. The van der Waals surface area contributed by atoms with Crippen LogP contribution in [0.25, 0.3) is 0 Å². The fourth-order valence-corrected chi connectivity index (χ4v) is 2.70. The number of sulfonamides is 1. The monoisotopic (exact) mass is 365 g/mol. The van der Waals surface area contributed by atoms with Crippen LogP contribution in [0.5, 0.6) is 5.88 Å². The third kappa shape index (κ3) is 5.26. The molecule has 0 bridgehead atoms. The van der Waals surface area contributed by atoms with Crippen molar-refractivity contribution < 1.29 is 27.9 Å². The Bertz CT molecular complexity index is 837. The number of benzene rings is 1. The molecule has 0 atom stereocenters. The number of nitrogens with one attached hydrogen (secondary N) is 2. The van der Waals surface area contributed by atoms with Crippen molar-refractivity contribution in [1.29, 1.82) is 0 Å². The van der Waals surface area contributed by atoms with Gasteiger partial charge in [0.25, 0.3) is 15.9 Å². The van der Waals surface area contributed by atoms with Crippen LogP contribution in [0.1, 0.15) is 10.4 Å². The van der Waals surface area contributed by atoms with Crippen molar-refractivity contribution in [3.63, 3.8) is 0 Å². The van der Waals surface area contributed by atoms with E-state index in [1.54, 1.807) is 6.07 Å². The van der Waals surface area contributed by atoms with Crippen LogP contribution >= 0.6 is 0 Å². The third-order valence-corrected chi connectivity index (χ3v) is 4.20. The first-order valence-electron chi connectivity index (χ1n) is 7.07. The normalized spacial score (nSPS) is 10.8. The van der Waals surface area contributed by atoms with Crippen LogP contribution in [0.2, 0.25) is 0 Å². The molecular formula is C15H15N3O6S. The molecule has 3 N–H and O–H groups in total. The number of pyridine rings is 1. The van der Waals surface area contributed by atoms with Crippen LogP contribution < -0.4 is 14.8 Å². The Hall–Kier alpha value is -2.98. The van der Waals surface area contributed by atoms with E-state index in [9.17, 15) is 18.0 Å². The molecule has 0 aliphatic heterocycles. The van der Waals surface area contributed by atoms with E-state index in [0.717, 1.165) is 6.20 Å². The first kappa shape index (κ1) is 18.4. The summed E-state index contributed by atoms with van der Waals surface area (Å²) in [7, 11) is -3.99. The van der Waals surface area contributed by atoms with Gasteiger partial charge in [-0.25, -0.2) is 22.9 Å². The minimum Gasteiger partial charge on any atom is -0.395 e. The van der Waals surface area contributed by atoms with Gasteiger partial charge in [0.05, 0.1) is 17.1 Å². The SMILES string of the molecule is O=C(NCCO)Oc1ccc(C(=O)NS(=O)(=O)c2ccccc2)cn1. The predicted octanol–water partition coefficient (Wildman–Crippen LogP) is 0.281. The van der Waals surface area contributed by atoms with Crippen LogP contribution in [0.15, 0.2) is 53.6 Å². The van der Waals surface area contributed by atoms with E-state index >= 15 is 0 Å². The lowest BCUT2D eigenvalue weighted by molar-refractivity contribution is 0.0981. The van der Waals surface area contributed by atoms with Gasteiger partial charge in [0, 0.05) is 18.8 Å². The number of rotatable bonds is 6. The first-order valence-corrected chi connectivity index (χ1v) is 8.55. The average molecular weight is 365 g/mol. The predicted molar refractivity (Wildman–Crippen MR) is 86.4 cm³/mol. The molecule has 2 aromatic rings. The van der Waals surface area contributed by atoms with Crippen LogP contribution in [-0.4, -0.2) is 43.7 Å². The standard InChI is InChI=1S/C15H15N3O6S/c19-9-8-16-15(21)24-13-7-6-11(10-17-13)14(20)18-25(22,23)12-4-2-1-3-5-12/h1-7,10,19H,8-9H2,(H,16,21)(H,18,20). The van der Waals surface area contributed by atoms with E-state index in [1.165, 1.54) is 36.4 Å². The molecule has 0 aliphatic rings. The first-order chi connectivity index (χ1) is 11.9. The Morgan fingerprint density at radius 2 is 1.84 bits per heavy atom. The van der Waals surface area contributed by atoms with Gasteiger partial charge in [0.1, 0.15) is 0 Å². The van der Waals surface area contributed by atoms with Crippen LogP contribution in [0.4, 0.5) is 4.79 Å². The molecule has 0 unspecified atom stereocenters. The van der Waals surface area contributed by atoms with Gasteiger partial charge < -0.3 is 15.2 Å². The van der Waals surface area contributed by atoms with Crippen molar-refractivity contribution in [2.24, 2.45) is 0 Å². The number of aliphatic hydroxyl groups excluding tert-OH is 1. The molecule has 2 rings (SSSR count). The zero-order chi connectivity index (χ0) is 18.3. The number of hydrogen-bond donors (Lipinski definition) is 3. The summed E-state index contributed by atoms with van der Waals surface area (Å²) in [6.45, 7) is -0.214. The fraction of sp³-hybridized carbons (Fsp3) is 0.133. The lowest BCUT2D eigenvalue weighted by Crippen LogP contribution is -2.31. The molecule has 0 fully saturated rings. The Labute approximate surface area is 143 Å². The molecule has 1 aromatic carbocycles. The van der Waals surface area contributed by atoms with Gasteiger partial charge in [-0.3, -0.25) is 4.79 Å². The Kier molecular flexibility index (Phi) is 6.03. The smallest absolute Gasteiger partial charge is 0.395 e. The van der Waals surface area contributed by atoms with Crippen molar-refractivity contribution in [2.45, 2.75) is 4.90 Å². The summed E-state index contributed by atoms with van der Waals surface area (Å²) >= 11 is 0. The van der Waals surface area contributed by atoms with Crippen molar-refractivity contribution in [3.05, 3.63) is 54.2 Å². The summed E-state index contributed by atoms with van der Waals surface area (Å²) < 4.78 is 30.9. The van der Waals surface area contributed by atoms with Gasteiger partial charge in [-0.05, 0) is 18.2 Å². The lowest BCUT2D eigenvalue weighted by Gasteiger charge is -2.07. The number of carbonyl (C=O) groups excluding carboxylic acids is 2. The summed E-state index contributed by atoms with van der Waals surface area (Å²) in [5, 5.41) is 10.8. The summed E-state index contributed by atoms with van der Waals surface area (Å²) in [6, 6.07) is 9.94. The third-order valence-electron chi connectivity index (χ3n) is 2.86. The van der Waals surface area contributed by atoms with E-state index in [2.05, 4.69) is 10.3 Å². The molecule has 2 amide bonds. The molecule has 25 heavy (non-hydrogen) atoms. The molecule has 0 spiro atoms. The molecular weight excluding hydrogens is 350 g/mol. The maximum absolute atomic E-state index is 12.1. The zero-order valence-corrected chi connectivity index (χ0v) is 13.7. The van der Waals surface area contributed by atoms with Crippen LogP contribution in [0, 0.1) is 0 Å². The molecule has 10 heteroatoms. The Balaban J connectivity index is 2.02. The average Bonchev–Trinajstić information content (AvgIpc) is 2.61. The highest BCUT2D eigenvalue weighted by atomic mass is 32.2. The van der Waals surface area contributed by atoms with E-state index in [-0.39, 0.29) is 29.5 Å². The van der Waals surface area contributed by atoms with Gasteiger partial charge in [-0.1, -0.05) is 18.2 Å². The minimum atomic E-state index is -3.99. The number of aromatic nitrogens is 1. The van der Waals surface area contributed by atoms with E-state index < -0.39 is 22.0 Å². The minimum absolute atomic E-state index is 0.0245. The lowest BCUT2D eigenvalue weighted by atomic mass is 10.3. The molecule has 0 radical (unpaired) electrons. The second kappa shape index (κ2) is 8.22. The summed E-state index contributed by atoms with van der Waals surface area (Å²) in [4.78, 5) is 27.0. The van der Waals surface area contributed by atoms with Gasteiger partial charge >= 0.3 is 6.09 Å². The van der Waals surface area contributed by atoms with E-state index in [4.69, 9.17) is 9.84 Å². The van der Waals surface area contributed by atoms with Gasteiger partial charge in [0.15, 0.2) is 0 Å². The topological polar surface area (TPSA) is 135 Å². The molecule has 9 nitrogen and oxygen atoms in total. The highest BCUT2D eigenvalue weighted by Crippen LogP contribution is 2.11. The molecule has 1 heterocycles. The van der Waals surface area contributed by atoms with Crippen LogP contribution in [-0.2, 0) is 10.0 Å². The number of carbonyl (C=O) groups is 2. The molecule has 0 saturated heterocycles. The highest BCUT2D eigenvalue weighted by molar-refractivity contribution is 7.90. The Morgan fingerprint density at radius 1 is 1.12 bits per heavy atom. The van der Waals surface area contributed by atoms with Crippen LogP contribution in [0.3, 0.4) is 0 Å². The summed E-state index contributed by atoms with van der Waals surface area (Å²) in [5.41, 5.74) is -0.0253. The highest BCUT2D eigenvalue weighted by Gasteiger charge is 2.18. The van der Waals surface area contributed by atoms with E-state index in [0.29, 0.717) is 0 Å². The molecule has 1 aromatic heterocycles.